The van der Waals surface area contributed by atoms with Crippen molar-refractivity contribution in [1.29, 1.82) is 0 Å². The molecule has 6 heteroatoms. The molecule has 0 spiro atoms. The van der Waals surface area contributed by atoms with Gasteiger partial charge in [0.25, 0.3) is 5.56 Å². The van der Waals surface area contributed by atoms with Crippen molar-refractivity contribution in [2.45, 2.75) is 12.1 Å². The first kappa shape index (κ1) is 9.14. The minimum atomic E-state index is -0.206. The number of hydrogen-bond acceptors (Lipinski definition) is 5. The molecule has 0 unspecified atom stereocenters. The van der Waals surface area contributed by atoms with Crippen LogP contribution in [-0.4, -0.2) is 25.7 Å². The number of aromatic nitrogens is 4. The molecule has 0 amide bonds. The Morgan fingerprint density at radius 1 is 1.50 bits per heavy atom. The van der Waals surface area contributed by atoms with E-state index >= 15 is 0 Å². The van der Waals surface area contributed by atoms with E-state index in [1.807, 2.05) is 6.92 Å². The molecule has 0 bridgehead atoms. The van der Waals surface area contributed by atoms with Crippen LogP contribution in [0.2, 0.25) is 0 Å². The quantitative estimate of drug-likeness (QED) is 0.584. The van der Waals surface area contributed by atoms with E-state index in [1.165, 1.54) is 24.3 Å². The first-order valence-electron chi connectivity index (χ1n) is 4.14. The predicted octanol–water partition coefficient (Wildman–Crippen LogP) is 0.825. The third-order valence-corrected chi connectivity index (χ3v) is 2.39. The molecule has 2 heterocycles. The third-order valence-electron chi connectivity index (χ3n) is 1.65. The van der Waals surface area contributed by atoms with E-state index in [2.05, 4.69) is 19.9 Å². The van der Waals surface area contributed by atoms with E-state index < -0.39 is 0 Å². The summed E-state index contributed by atoms with van der Waals surface area (Å²) in [6, 6.07) is 0. The van der Waals surface area contributed by atoms with Crippen LogP contribution < -0.4 is 5.56 Å². The number of rotatable bonds is 2. The zero-order valence-corrected chi connectivity index (χ0v) is 8.34. The first-order chi connectivity index (χ1) is 6.81. The summed E-state index contributed by atoms with van der Waals surface area (Å²) in [5.74, 6) is 0.898. The lowest BCUT2D eigenvalue weighted by molar-refractivity contribution is 0.975. The Morgan fingerprint density at radius 2 is 2.36 bits per heavy atom. The molecule has 1 N–H and O–H groups in total. The van der Waals surface area contributed by atoms with Gasteiger partial charge in [-0.3, -0.25) is 4.79 Å². The zero-order valence-electron chi connectivity index (χ0n) is 7.52. The van der Waals surface area contributed by atoms with E-state index in [1.54, 1.807) is 0 Å². The molecule has 14 heavy (non-hydrogen) atoms. The minimum absolute atomic E-state index is 0.206. The Balaban J connectivity index is 2.61. The molecule has 0 aromatic carbocycles. The van der Waals surface area contributed by atoms with E-state index in [0.717, 1.165) is 5.75 Å². The Morgan fingerprint density at radius 3 is 3.14 bits per heavy atom. The lowest BCUT2D eigenvalue weighted by atomic mass is 10.4. The highest BCUT2D eigenvalue weighted by Crippen LogP contribution is 2.12. The summed E-state index contributed by atoms with van der Waals surface area (Å²) in [5.41, 5.74) is 0.239. The van der Waals surface area contributed by atoms with Crippen LogP contribution in [-0.2, 0) is 0 Å². The second kappa shape index (κ2) is 3.75. The summed E-state index contributed by atoms with van der Waals surface area (Å²) < 4.78 is 0. The van der Waals surface area contributed by atoms with Crippen LogP contribution in [0.5, 0.6) is 0 Å². The van der Waals surface area contributed by atoms with E-state index in [9.17, 15) is 4.79 Å². The molecule has 0 fully saturated rings. The van der Waals surface area contributed by atoms with Gasteiger partial charge in [-0.15, -0.1) is 0 Å². The van der Waals surface area contributed by atoms with Gasteiger partial charge in [0, 0.05) is 6.20 Å². The second-order valence-electron chi connectivity index (χ2n) is 2.55. The van der Waals surface area contributed by atoms with Crippen LogP contribution in [0.15, 0.2) is 22.5 Å². The van der Waals surface area contributed by atoms with Gasteiger partial charge in [-0.25, -0.2) is 15.0 Å². The standard InChI is InChI=1S/C8H8N4OS/c1-2-14-8-9-3-5-6(12-8)10-4-11-7(5)13/h3-4H,2H2,1H3,(H,9,10,11,12,13). The summed E-state index contributed by atoms with van der Waals surface area (Å²) in [7, 11) is 0. The maximum atomic E-state index is 11.3. The van der Waals surface area contributed by atoms with Gasteiger partial charge in [0.15, 0.2) is 10.8 Å². The molecule has 0 atom stereocenters. The number of aromatic amines is 1. The fraction of sp³-hybridized carbons (Fsp3) is 0.250. The number of nitrogens with zero attached hydrogens (tertiary/aromatic N) is 3. The van der Waals surface area contributed by atoms with Crippen molar-refractivity contribution < 1.29 is 0 Å². The molecule has 2 rings (SSSR count). The van der Waals surface area contributed by atoms with Crippen LogP contribution in [0.1, 0.15) is 6.92 Å². The molecule has 0 saturated heterocycles. The van der Waals surface area contributed by atoms with Gasteiger partial charge in [-0.2, -0.15) is 0 Å². The van der Waals surface area contributed by atoms with Crippen molar-refractivity contribution in [3.63, 3.8) is 0 Å². The number of nitrogens with one attached hydrogen (secondary N) is 1. The van der Waals surface area contributed by atoms with Crippen molar-refractivity contribution in [2.75, 3.05) is 5.75 Å². The average molecular weight is 208 g/mol. The van der Waals surface area contributed by atoms with Gasteiger partial charge >= 0.3 is 0 Å². The first-order valence-corrected chi connectivity index (χ1v) is 5.13. The monoisotopic (exact) mass is 208 g/mol. The van der Waals surface area contributed by atoms with Crippen LogP contribution >= 0.6 is 11.8 Å². The smallest absolute Gasteiger partial charge is 0.261 e. The highest BCUT2D eigenvalue weighted by molar-refractivity contribution is 7.99. The van der Waals surface area contributed by atoms with Crippen LogP contribution in [0.4, 0.5) is 0 Å². The van der Waals surface area contributed by atoms with Gasteiger partial charge in [-0.05, 0) is 5.75 Å². The third kappa shape index (κ3) is 1.60. The summed E-state index contributed by atoms with van der Waals surface area (Å²) in [6.07, 6.45) is 2.85. The fourth-order valence-corrected chi connectivity index (χ4v) is 1.58. The SMILES string of the molecule is CCSc1ncc2c(=O)[nH]cnc2n1. The van der Waals surface area contributed by atoms with Crippen molar-refractivity contribution in [3.05, 3.63) is 22.9 Å². The molecule has 0 aliphatic rings. The molecule has 0 aliphatic heterocycles. The molecule has 2 aromatic rings. The number of thioether (sulfide) groups is 1. The maximum Gasteiger partial charge on any atom is 0.261 e. The highest BCUT2D eigenvalue weighted by Gasteiger charge is 2.02. The minimum Gasteiger partial charge on any atom is -0.312 e. The van der Waals surface area contributed by atoms with Gasteiger partial charge in [0.1, 0.15) is 5.39 Å². The number of H-pyrrole nitrogens is 1. The van der Waals surface area contributed by atoms with Gasteiger partial charge in [0.2, 0.25) is 0 Å². The topological polar surface area (TPSA) is 71.5 Å². The number of hydrogen-bond donors (Lipinski definition) is 1. The van der Waals surface area contributed by atoms with E-state index in [4.69, 9.17) is 0 Å². The molecule has 0 aliphatic carbocycles. The van der Waals surface area contributed by atoms with Gasteiger partial charge in [0.05, 0.1) is 6.33 Å². The largest absolute Gasteiger partial charge is 0.312 e. The Hall–Kier alpha value is -1.43. The fourth-order valence-electron chi connectivity index (χ4n) is 1.04. The van der Waals surface area contributed by atoms with Gasteiger partial charge < -0.3 is 4.98 Å². The Kier molecular flexibility index (Phi) is 2.45. The molecule has 0 saturated carbocycles. The normalized spacial score (nSPS) is 10.6. The van der Waals surface area contributed by atoms with E-state index in [0.29, 0.717) is 16.2 Å². The van der Waals surface area contributed by atoms with Gasteiger partial charge in [-0.1, -0.05) is 18.7 Å². The van der Waals surface area contributed by atoms with Crippen molar-refractivity contribution in [3.8, 4) is 0 Å². The average Bonchev–Trinajstić information content (AvgIpc) is 2.18. The molecular weight excluding hydrogens is 200 g/mol. The van der Waals surface area contributed by atoms with Crippen molar-refractivity contribution in [2.24, 2.45) is 0 Å². The molecular formula is C8H8N4OS. The van der Waals surface area contributed by atoms with Crippen molar-refractivity contribution >= 4 is 22.8 Å². The van der Waals surface area contributed by atoms with Crippen LogP contribution in [0.3, 0.4) is 0 Å². The highest BCUT2D eigenvalue weighted by atomic mass is 32.2. The van der Waals surface area contributed by atoms with Crippen molar-refractivity contribution in [1.82, 2.24) is 19.9 Å². The van der Waals surface area contributed by atoms with E-state index in [-0.39, 0.29) is 5.56 Å². The molecule has 2 aromatic heterocycles. The summed E-state index contributed by atoms with van der Waals surface area (Å²) in [6.45, 7) is 2.02. The lowest BCUT2D eigenvalue weighted by Gasteiger charge is -1.97. The predicted molar refractivity (Wildman–Crippen MR) is 54.4 cm³/mol. The molecule has 0 radical (unpaired) electrons. The van der Waals surface area contributed by atoms with Crippen LogP contribution in [0.25, 0.3) is 11.0 Å². The number of fused-ring (bicyclic) bond motifs is 1. The molecule has 72 valence electrons. The van der Waals surface area contributed by atoms with Crippen LogP contribution in [0, 0.1) is 0 Å². The Bertz CT molecular complexity index is 510. The summed E-state index contributed by atoms with van der Waals surface area (Å²) in [5, 5.41) is 1.08. The summed E-state index contributed by atoms with van der Waals surface area (Å²) in [4.78, 5) is 25.9. The Labute approximate surface area is 84.0 Å². The summed E-state index contributed by atoms with van der Waals surface area (Å²) >= 11 is 1.52. The second-order valence-corrected chi connectivity index (χ2v) is 3.79. The molecule has 5 nitrogen and oxygen atoms in total. The zero-order chi connectivity index (χ0) is 9.97. The lowest BCUT2D eigenvalue weighted by Crippen LogP contribution is -2.08. The maximum absolute atomic E-state index is 11.3.